The third kappa shape index (κ3) is 3.28. The fourth-order valence-corrected chi connectivity index (χ4v) is 2.58. The molecule has 6 nitrogen and oxygen atoms in total. The van der Waals surface area contributed by atoms with Crippen LogP contribution in [0.4, 0.5) is 11.5 Å². The lowest BCUT2D eigenvalue weighted by Crippen LogP contribution is -1.99. The van der Waals surface area contributed by atoms with Crippen LogP contribution < -0.4 is 0 Å². The van der Waals surface area contributed by atoms with Gasteiger partial charge in [-0.3, -0.25) is 4.40 Å². The van der Waals surface area contributed by atoms with Crippen molar-refractivity contribution in [3.05, 3.63) is 59.4 Å². The third-order valence-corrected chi connectivity index (χ3v) is 3.94. The van der Waals surface area contributed by atoms with E-state index in [1.165, 1.54) is 7.11 Å². The molecular weight excluding hydrogens is 316 g/mol. The predicted octanol–water partition coefficient (Wildman–Crippen LogP) is 4.97. The number of pyridine rings is 1. The molecule has 25 heavy (non-hydrogen) atoms. The topological polar surface area (TPSA) is 68.3 Å². The van der Waals surface area contributed by atoms with Crippen LogP contribution in [0.1, 0.15) is 41.4 Å². The smallest absolute Gasteiger partial charge is 0.337 e. The highest BCUT2D eigenvalue weighted by Crippen LogP contribution is 2.30. The van der Waals surface area contributed by atoms with Gasteiger partial charge in [-0.25, -0.2) is 9.78 Å². The lowest BCUT2D eigenvalue weighted by atomic mass is 10.1. The summed E-state index contributed by atoms with van der Waals surface area (Å²) >= 11 is 0. The van der Waals surface area contributed by atoms with E-state index in [0.717, 1.165) is 22.7 Å². The number of aromatic nitrogens is 2. The largest absolute Gasteiger partial charge is 0.465 e. The van der Waals surface area contributed by atoms with E-state index in [1.54, 1.807) is 24.3 Å². The van der Waals surface area contributed by atoms with Crippen molar-refractivity contribution >= 4 is 23.1 Å². The summed E-state index contributed by atoms with van der Waals surface area (Å²) in [5, 5.41) is 8.74. The lowest BCUT2D eigenvalue weighted by molar-refractivity contribution is 0.0601. The Bertz CT molecular complexity index is 940. The van der Waals surface area contributed by atoms with Crippen LogP contribution in [0, 0.1) is 6.92 Å². The number of hydrogen-bond acceptors (Lipinski definition) is 5. The van der Waals surface area contributed by atoms with Gasteiger partial charge in [0.25, 0.3) is 0 Å². The Morgan fingerprint density at radius 2 is 1.88 bits per heavy atom. The first-order valence-corrected chi connectivity index (χ1v) is 8.09. The van der Waals surface area contributed by atoms with Gasteiger partial charge < -0.3 is 4.74 Å². The van der Waals surface area contributed by atoms with Crippen molar-refractivity contribution in [2.75, 3.05) is 7.11 Å². The molecule has 2 heterocycles. The molecule has 0 saturated heterocycles. The summed E-state index contributed by atoms with van der Waals surface area (Å²) in [7, 11) is 1.36. The van der Waals surface area contributed by atoms with Crippen LogP contribution in [0.2, 0.25) is 0 Å². The first kappa shape index (κ1) is 16.8. The number of carbonyl (C=O) groups excluding carboxylic acids is 1. The summed E-state index contributed by atoms with van der Waals surface area (Å²) in [6.07, 6.45) is 1.94. The zero-order chi connectivity index (χ0) is 18.0. The van der Waals surface area contributed by atoms with E-state index in [1.807, 2.05) is 29.7 Å². The van der Waals surface area contributed by atoms with Crippen LogP contribution in [-0.2, 0) is 4.74 Å². The minimum absolute atomic E-state index is 0.231. The second kappa shape index (κ2) is 6.84. The average molecular weight is 336 g/mol. The molecule has 0 atom stereocenters. The number of methoxy groups -OCH3 is 1. The summed E-state index contributed by atoms with van der Waals surface area (Å²) in [5.74, 6) is 0.587. The molecule has 2 aromatic heterocycles. The summed E-state index contributed by atoms with van der Waals surface area (Å²) in [5.41, 5.74) is 4.03. The van der Waals surface area contributed by atoms with E-state index < -0.39 is 0 Å². The summed E-state index contributed by atoms with van der Waals surface area (Å²) in [6, 6.07) is 10.8. The van der Waals surface area contributed by atoms with Crippen LogP contribution >= 0.6 is 0 Å². The number of imidazole rings is 1. The van der Waals surface area contributed by atoms with Crippen molar-refractivity contribution in [3.8, 4) is 0 Å². The van der Waals surface area contributed by atoms with E-state index in [0.29, 0.717) is 11.3 Å². The summed E-state index contributed by atoms with van der Waals surface area (Å²) < 4.78 is 6.65. The fraction of sp³-hybridized carbons (Fsp3) is 0.263. The summed E-state index contributed by atoms with van der Waals surface area (Å²) in [6.45, 7) is 6.20. The molecule has 0 aliphatic heterocycles. The van der Waals surface area contributed by atoms with Gasteiger partial charge in [0.05, 0.1) is 24.1 Å². The molecule has 0 saturated carbocycles. The number of nitrogens with zero attached hydrogens (tertiary/aromatic N) is 4. The highest BCUT2D eigenvalue weighted by atomic mass is 16.5. The van der Waals surface area contributed by atoms with E-state index in [2.05, 4.69) is 24.1 Å². The number of rotatable bonds is 4. The first-order valence-electron chi connectivity index (χ1n) is 8.09. The first-order chi connectivity index (χ1) is 12.0. The van der Waals surface area contributed by atoms with Gasteiger partial charge in [-0.05, 0) is 48.7 Å². The number of benzene rings is 1. The SMILES string of the molecule is COC(=O)c1ccc(N=Nc2c(C(C)C)nc3c(C)cccn23)cc1. The van der Waals surface area contributed by atoms with Gasteiger partial charge in [0, 0.05) is 6.20 Å². The molecule has 6 heteroatoms. The van der Waals surface area contributed by atoms with Gasteiger partial charge in [0.15, 0.2) is 5.82 Å². The predicted molar refractivity (Wildman–Crippen MR) is 96.0 cm³/mol. The van der Waals surface area contributed by atoms with E-state index in [9.17, 15) is 4.79 Å². The number of hydrogen-bond donors (Lipinski definition) is 0. The molecule has 3 rings (SSSR count). The van der Waals surface area contributed by atoms with Gasteiger partial charge in [-0.15, -0.1) is 10.2 Å². The maximum absolute atomic E-state index is 11.5. The minimum atomic E-state index is -0.372. The molecule has 0 aliphatic rings. The number of esters is 1. The Morgan fingerprint density at radius 3 is 2.52 bits per heavy atom. The molecule has 0 fully saturated rings. The standard InChI is InChI=1S/C19H20N4O2/c1-12(2)16-18(23-11-5-6-13(3)17(23)20-16)22-21-15-9-7-14(8-10-15)19(24)25-4/h5-12H,1-4H3. The molecule has 0 bridgehead atoms. The molecule has 3 aromatic rings. The van der Waals surface area contributed by atoms with Crippen molar-refractivity contribution in [2.45, 2.75) is 26.7 Å². The van der Waals surface area contributed by atoms with Gasteiger partial charge in [-0.1, -0.05) is 19.9 Å². The second-order valence-corrected chi connectivity index (χ2v) is 6.10. The normalized spacial score (nSPS) is 11.6. The number of aryl methyl sites for hydroxylation is 1. The van der Waals surface area contributed by atoms with Crippen LogP contribution in [0.5, 0.6) is 0 Å². The fourth-order valence-electron chi connectivity index (χ4n) is 2.58. The average Bonchev–Trinajstić information content (AvgIpc) is 3.00. The molecule has 0 unspecified atom stereocenters. The third-order valence-electron chi connectivity index (χ3n) is 3.94. The lowest BCUT2D eigenvalue weighted by Gasteiger charge is -2.02. The van der Waals surface area contributed by atoms with Crippen molar-refractivity contribution in [1.82, 2.24) is 9.38 Å². The van der Waals surface area contributed by atoms with E-state index in [-0.39, 0.29) is 11.9 Å². The molecule has 0 aliphatic carbocycles. The molecule has 0 amide bonds. The number of carbonyl (C=O) groups is 1. The zero-order valence-corrected chi connectivity index (χ0v) is 14.7. The van der Waals surface area contributed by atoms with Crippen LogP contribution in [0.25, 0.3) is 5.65 Å². The molecule has 0 spiro atoms. The number of ether oxygens (including phenoxy) is 1. The molecular formula is C19H20N4O2. The Balaban J connectivity index is 1.99. The van der Waals surface area contributed by atoms with Gasteiger partial charge >= 0.3 is 5.97 Å². The van der Waals surface area contributed by atoms with Gasteiger partial charge in [-0.2, -0.15) is 0 Å². The molecule has 1 aromatic carbocycles. The van der Waals surface area contributed by atoms with E-state index >= 15 is 0 Å². The van der Waals surface area contributed by atoms with Crippen molar-refractivity contribution in [3.63, 3.8) is 0 Å². The Labute approximate surface area is 146 Å². The monoisotopic (exact) mass is 336 g/mol. The molecule has 0 radical (unpaired) electrons. The van der Waals surface area contributed by atoms with Crippen molar-refractivity contribution < 1.29 is 9.53 Å². The number of fused-ring (bicyclic) bond motifs is 1. The summed E-state index contributed by atoms with van der Waals surface area (Å²) in [4.78, 5) is 16.2. The minimum Gasteiger partial charge on any atom is -0.465 e. The maximum atomic E-state index is 11.5. The van der Waals surface area contributed by atoms with Crippen LogP contribution in [0.15, 0.2) is 52.8 Å². The molecule has 0 N–H and O–H groups in total. The zero-order valence-electron chi connectivity index (χ0n) is 14.7. The Hall–Kier alpha value is -3.02. The van der Waals surface area contributed by atoms with E-state index in [4.69, 9.17) is 9.72 Å². The van der Waals surface area contributed by atoms with Crippen LogP contribution in [-0.4, -0.2) is 22.5 Å². The van der Waals surface area contributed by atoms with Crippen molar-refractivity contribution in [2.24, 2.45) is 10.2 Å². The Kier molecular flexibility index (Phi) is 4.61. The maximum Gasteiger partial charge on any atom is 0.337 e. The molecule has 128 valence electrons. The number of azo groups is 1. The highest BCUT2D eigenvalue weighted by Gasteiger charge is 2.16. The second-order valence-electron chi connectivity index (χ2n) is 6.10. The van der Waals surface area contributed by atoms with Crippen LogP contribution in [0.3, 0.4) is 0 Å². The van der Waals surface area contributed by atoms with Gasteiger partial charge in [0.2, 0.25) is 0 Å². The highest BCUT2D eigenvalue weighted by molar-refractivity contribution is 5.89. The Morgan fingerprint density at radius 1 is 1.16 bits per heavy atom. The quantitative estimate of drug-likeness (QED) is 0.499. The van der Waals surface area contributed by atoms with Crippen molar-refractivity contribution in [1.29, 1.82) is 0 Å². The van der Waals surface area contributed by atoms with Gasteiger partial charge in [0.1, 0.15) is 5.65 Å².